The number of halogens is 2. The number of carbonyl (C=O) groups excluding carboxylic acids is 1. The van der Waals surface area contributed by atoms with E-state index >= 15 is 0 Å². The Morgan fingerprint density at radius 1 is 1.29 bits per heavy atom. The van der Waals surface area contributed by atoms with E-state index in [0.29, 0.717) is 34.5 Å². The number of aromatic nitrogens is 2. The van der Waals surface area contributed by atoms with Crippen molar-refractivity contribution in [3.05, 3.63) is 40.4 Å². The first-order valence-electron chi connectivity index (χ1n) is 8.66. The lowest BCUT2D eigenvalue weighted by Crippen LogP contribution is -2.40. The molecule has 1 amide bonds. The molecule has 2 aromatic rings. The van der Waals surface area contributed by atoms with E-state index in [2.05, 4.69) is 9.97 Å². The molecule has 0 saturated heterocycles. The summed E-state index contributed by atoms with van der Waals surface area (Å²) in [4.78, 5) is 21.9. The van der Waals surface area contributed by atoms with Crippen LogP contribution >= 0.6 is 23.2 Å². The van der Waals surface area contributed by atoms with Crippen LogP contribution in [0.25, 0.3) is 0 Å². The van der Waals surface area contributed by atoms with Gasteiger partial charge in [-0.1, -0.05) is 30.1 Å². The molecule has 3 rings (SSSR count). The van der Waals surface area contributed by atoms with Crippen molar-refractivity contribution < 1.29 is 24.5 Å². The van der Waals surface area contributed by atoms with Gasteiger partial charge in [0, 0.05) is 31.4 Å². The van der Waals surface area contributed by atoms with E-state index in [9.17, 15) is 4.79 Å². The molecule has 28 heavy (non-hydrogen) atoms. The number of carbonyl (C=O) groups is 1. The minimum Gasteiger partial charge on any atom is -0.481 e. The molecule has 0 aliphatic carbocycles. The second-order valence-corrected chi connectivity index (χ2v) is 6.97. The highest BCUT2D eigenvalue weighted by molar-refractivity contribution is 6.32. The summed E-state index contributed by atoms with van der Waals surface area (Å²) >= 11 is 12.2. The zero-order valence-corrected chi connectivity index (χ0v) is 16.5. The molecule has 2 heterocycles. The molecule has 1 aliphatic heterocycles. The lowest BCUT2D eigenvalue weighted by atomic mass is 10.2. The van der Waals surface area contributed by atoms with E-state index in [1.165, 1.54) is 17.3 Å². The highest BCUT2D eigenvalue weighted by Crippen LogP contribution is 2.41. The maximum absolute atomic E-state index is 12.1. The molecule has 0 radical (unpaired) electrons. The summed E-state index contributed by atoms with van der Waals surface area (Å²) in [6, 6.07) is 3.16. The van der Waals surface area contributed by atoms with Gasteiger partial charge >= 0.3 is 0 Å². The largest absolute Gasteiger partial charge is 0.481 e. The van der Waals surface area contributed by atoms with Crippen LogP contribution in [-0.4, -0.2) is 45.5 Å². The number of aliphatic hydroxyl groups is 2. The molecule has 1 aliphatic rings. The fourth-order valence-corrected chi connectivity index (χ4v) is 3.04. The fourth-order valence-electron chi connectivity index (χ4n) is 2.74. The second-order valence-electron chi connectivity index (χ2n) is 6.13. The zero-order valence-electron chi connectivity index (χ0n) is 15.0. The molecule has 10 heteroatoms. The van der Waals surface area contributed by atoms with Gasteiger partial charge < -0.3 is 24.6 Å². The normalized spacial score (nSPS) is 14.6. The molecule has 2 N–H and O–H groups in total. The van der Waals surface area contributed by atoms with Crippen LogP contribution in [0.2, 0.25) is 10.0 Å². The van der Waals surface area contributed by atoms with Crippen molar-refractivity contribution in [2.45, 2.75) is 32.2 Å². The van der Waals surface area contributed by atoms with Crippen LogP contribution in [0.1, 0.15) is 31.7 Å². The van der Waals surface area contributed by atoms with Crippen LogP contribution in [0, 0.1) is 0 Å². The van der Waals surface area contributed by atoms with Crippen molar-refractivity contribution >= 4 is 34.8 Å². The summed E-state index contributed by atoms with van der Waals surface area (Å²) in [6.07, 6.45) is 1.63. The first-order chi connectivity index (χ1) is 13.4. The quantitative estimate of drug-likeness (QED) is 0.654. The Morgan fingerprint density at radius 3 is 2.64 bits per heavy atom. The van der Waals surface area contributed by atoms with Gasteiger partial charge in [-0.25, -0.2) is 9.97 Å². The van der Waals surface area contributed by atoms with Crippen molar-refractivity contribution in [3.8, 4) is 11.5 Å². The number of benzene rings is 1. The van der Waals surface area contributed by atoms with Gasteiger partial charge in [0.1, 0.15) is 11.5 Å². The smallest absolute Gasteiger partial charge is 0.265 e. The van der Waals surface area contributed by atoms with Crippen LogP contribution in [-0.2, 0) is 4.79 Å². The standard InChI is InChI=1S/C18H19Cl2N3O5/c1-2-13(18-21-7-10(19)8-22-18)28-14-6-15-12(5-11(14)20)23(4-3-17(25)26)16(24)9-27-15/h5-8,13,17,25-26H,2-4,9H2,1H3/t13-/m1/s1. The highest BCUT2D eigenvalue weighted by atomic mass is 35.5. The topological polar surface area (TPSA) is 105 Å². The number of rotatable bonds is 7. The molecular weight excluding hydrogens is 409 g/mol. The summed E-state index contributed by atoms with van der Waals surface area (Å²) in [6.45, 7) is 1.89. The summed E-state index contributed by atoms with van der Waals surface area (Å²) in [5, 5.41) is 18.9. The Bertz CT molecular complexity index is 848. The maximum Gasteiger partial charge on any atom is 0.265 e. The minimum absolute atomic E-state index is 0.00681. The first kappa shape index (κ1) is 20.6. The van der Waals surface area contributed by atoms with Crippen molar-refractivity contribution in [3.63, 3.8) is 0 Å². The Hall–Kier alpha value is -2.13. The van der Waals surface area contributed by atoms with E-state index in [1.54, 1.807) is 12.1 Å². The van der Waals surface area contributed by atoms with E-state index in [-0.39, 0.29) is 30.5 Å². The molecule has 0 spiro atoms. The van der Waals surface area contributed by atoms with Gasteiger partial charge in [0.05, 0.1) is 15.7 Å². The molecule has 0 fully saturated rings. The van der Waals surface area contributed by atoms with Crippen LogP contribution in [0.5, 0.6) is 11.5 Å². The molecule has 8 nitrogen and oxygen atoms in total. The zero-order chi connectivity index (χ0) is 20.3. The number of amides is 1. The molecule has 0 bridgehead atoms. The lowest BCUT2D eigenvalue weighted by Gasteiger charge is -2.30. The first-order valence-corrected chi connectivity index (χ1v) is 9.41. The molecule has 150 valence electrons. The van der Waals surface area contributed by atoms with Gasteiger partial charge in [-0.15, -0.1) is 0 Å². The summed E-state index contributed by atoms with van der Waals surface area (Å²) in [5.74, 6) is 0.954. The predicted molar refractivity (Wildman–Crippen MR) is 103 cm³/mol. The number of nitrogens with zero attached hydrogens (tertiary/aromatic N) is 3. The Morgan fingerprint density at radius 2 is 2.00 bits per heavy atom. The van der Waals surface area contributed by atoms with Crippen LogP contribution in [0.3, 0.4) is 0 Å². The van der Waals surface area contributed by atoms with Crippen LogP contribution < -0.4 is 14.4 Å². The number of ether oxygens (including phenoxy) is 2. The average molecular weight is 428 g/mol. The van der Waals surface area contributed by atoms with Crippen molar-refractivity contribution in [1.82, 2.24) is 9.97 Å². The summed E-state index contributed by atoms with van der Waals surface area (Å²) < 4.78 is 11.5. The molecule has 0 unspecified atom stereocenters. The summed E-state index contributed by atoms with van der Waals surface area (Å²) in [5.41, 5.74) is 0.449. The van der Waals surface area contributed by atoms with Crippen LogP contribution in [0.15, 0.2) is 24.5 Å². The minimum atomic E-state index is -1.51. The van der Waals surface area contributed by atoms with Gasteiger partial charge in [-0.2, -0.15) is 0 Å². The van der Waals surface area contributed by atoms with Crippen LogP contribution in [0.4, 0.5) is 5.69 Å². The van der Waals surface area contributed by atoms with E-state index in [0.717, 1.165) is 0 Å². The molecule has 1 atom stereocenters. The van der Waals surface area contributed by atoms with Gasteiger partial charge in [0.15, 0.2) is 24.8 Å². The number of hydrogen-bond acceptors (Lipinski definition) is 7. The van der Waals surface area contributed by atoms with Gasteiger partial charge in [-0.3, -0.25) is 4.79 Å². The monoisotopic (exact) mass is 427 g/mol. The lowest BCUT2D eigenvalue weighted by molar-refractivity contribution is -0.121. The average Bonchev–Trinajstić information content (AvgIpc) is 2.66. The van der Waals surface area contributed by atoms with E-state index in [1.807, 2.05) is 6.92 Å². The van der Waals surface area contributed by atoms with Gasteiger partial charge in [0.2, 0.25) is 0 Å². The second kappa shape index (κ2) is 8.91. The molecule has 0 saturated carbocycles. The van der Waals surface area contributed by atoms with Gasteiger partial charge in [0.25, 0.3) is 5.91 Å². The molecule has 1 aromatic carbocycles. The Labute approximate surface area is 171 Å². The van der Waals surface area contributed by atoms with E-state index in [4.69, 9.17) is 42.9 Å². The van der Waals surface area contributed by atoms with Crippen molar-refractivity contribution in [2.24, 2.45) is 0 Å². The third-order valence-corrected chi connectivity index (χ3v) is 4.63. The SMILES string of the molecule is CC[C@@H](Oc1cc2c(cc1Cl)N(CCC(O)O)C(=O)CO2)c1ncc(Cl)cn1. The number of fused-ring (bicyclic) bond motifs is 1. The number of anilines is 1. The fraction of sp³-hybridized carbons (Fsp3) is 0.389. The molecule has 1 aromatic heterocycles. The summed E-state index contributed by atoms with van der Waals surface area (Å²) in [7, 11) is 0. The number of hydrogen-bond donors (Lipinski definition) is 2. The van der Waals surface area contributed by atoms with Crippen molar-refractivity contribution in [2.75, 3.05) is 18.1 Å². The Kier molecular flexibility index (Phi) is 6.56. The maximum atomic E-state index is 12.1. The molecular formula is C18H19Cl2N3O5. The third-order valence-electron chi connectivity index (χ3n) is 4.14. The Balaban J connectivity index is 1.86. The van der Waals surface area contributed by atoms with E-state index < -0.39 is 12.4 Å². The predicted octanol–water partition coefficient (Wildman–Crippen LogP) is 2.74. The highest BCUT2D eigenvalue weighted by Gasteiger charge is 2.28. The van der Waals surface area contributed by atoms with Gasteiger partial charge in [-0.05, 0) is 12.5 Å². The van der Waals surface area contributed by atoms with Crippen molar-refractivity contribution in [1.29, 1.82) is 0 Å². The third kappa shape index (κ3) is 4.64. The number of aliphatic hydroxyl groups excluding tert-OH is 1.